The Morgan fingerprint density at radius 2 is 1.78 bits per heavy atom. The van der Waals surface area contributed by atoms with E-state index in [1.54, 1.807) is 12.1 Å². The summed E-state index contributed by atoms with van der Waals surface area (Å²) in [5.74, 6) is 0.0510. The highest BCUT2D eigenvalue weighted by Gasteiger charge is 2.38. The number of aromatic carboxylic acids is 1. The number of nitrogens with one attached hydrogen (secondary N) is 1. The summed E-state index contributed by atoms with van der Waals surface area (Å²) in [7, 11) is 0. The Bertz CT molecular complexity index is 1220. The minimum atomic E-state index is -0.969. The molecule has 2 saturated heterocycles. The van der Waals surface area contributed by atoms with Gasteiger partial charge in [-0.3, -0.25) is 4.90 Å². The molecular weight excluding hydrogens is 456 g/mol. The van der Waals surface area contributed by atoms with Gasteiger partial charge in [0.1, 0.15) is 5.75 Å². The SMILES string of the molecule is Cc1nc(Oc2ccc(C(=O)O)cc2)ccc1CN1CCC(N2C(=O)NCC2c2ccccc2)CC1. The normalized spacial score (nSPS) is 18.8. The predicted molar refractivity (Wildman–Crippen MR) is 135 cm³/mol. The van der Waals surface area contributed by atoms with Gasteiger partial charge in [0.05, 0.1) is 11.6 Å². The monoisotopic (exact) mass is 486 g/mol. The molecule has 0 radical (unpaired) electrons. The topological polar surface area (TPSA) is 95.0 Å². The van der Waals surface area contributed by atoms with Crippen molar-refractivity contribution in [2.75, 3.05) is 19.6 Å². The largest absolute Gasteiger partial charge is 0.478 e. The summed E-state index contributed by atoms with van der Waals surface area (Å²) in [4.78, 5) is 32.7. The van der Waals surface area contributed by atoms with Crippen molar-refractivity contribution in [2.45, 2.75) is 38.4 Å². The summed E-state index contributed by atoms with van der Waals surface area (Å²) >= 11 is 0. The van der Waals surface area contributed by atoms with E-state index in [9.17, 15) is 9.59 Å². The Hall–Kier alpha value is -3.91. The van der Waals surface area contributed by atoms with Crippen LogP contribution >= 0.6 is 0 Å². The zero-order chi connectivity index (χ0) is 25.1. The fraction of sp³-hybridized carbons (Fsp3) is 0.321. The number of aromatic nitrogens is 1. The van der Waals surface area contributed by atoms with Gasteiger partial charge in [-0.25, -0.2) is 14.6 Å². The number of aryl methyl sites for hydroxylation is 1. The molecule has 36 heavy (non-hydrogen) atoms. The molecule has 186 valence electrons. The molecule has 0 bridgehead atoms. The van der Waals surface area contributed by atoms with Crippen LogP contribution in [-0.4, -0.2) is 57.6 Å². The molecule has 2 amide bonds. The van der Waals surface area contributed by atoms with Gasteiger partial charge in [-0.15, -0.1) is 0 Å². The minimum absolute atomic E-state index is 0.0375. The van der Waals surface area contributed by atoms with Gasteiger partial charge < -0.3 is 20.1 Å². The van der Waals surface area contributed by atoms with Gasteiger partial charge in [0.2, 0.25) is 5.88 Å². The number of hydrogen-bond acceptors (Lipinski definition) is 5. The van der Waals surface area contributed by atoms with Crippen molar-refractivity contribution in [1.82, 2.24) is 20.1 Å². The van der Waals surface area contributed by atoms with Crippen molar-refractivity contribution in [2.24, 2.45) is 0 Å². The summed E-state index contributed by atoms with van der Waals surface area (Å²) in [6.45, 7) is 5.27. The number of pyridine rings is 1. The maximum Gasteiger partial charge on any atom is 0.335 e. The molecule has 2 aliphatic heterocycles. The second-order valence-corrected chi connectivity index (χ2v) is 9.35. The quantitative estimate of drug-likeness (QED) is 0.506. The number of carbonyl (C=O) groups is 2. The van der Waals surface area contributed by atoms with E-state index in [0.717, 1.165) is 43.7 Å². The Balaban J connectivity index is 1.17. The van der Waals surface area contributed by atoms with E-state index in [4.69, 9.17) is 9.84 Å². The first-order valence-electron chi connectivity index (χ1n) is 12.3. The number of rotatable bonds is 7. The molecule has 0 aliphatic carbocycles. The summed E-state index contributed by atoms with van der Waals surface area (Å²) < 4.78 is 5.81. The number of hydrogen-bond donors (Lipinski definition) is 2. The average molecular weight is 487 g/mol. The molecule has 2 aromatic carbocycles. The first-order valence-corrected chi connectivity index (χ1v) is 12.3. The third-order valence-corrected chi connectivity index (χ3v) is 7.04. The van der Waals surface area contributed by atoms with E-state index in [1.165, 1.54) is 17.7 Å². The van der Waals surface area contributed by atoms with Crippen molar-refractivity contribution in [1.29, 1.82) is 0 Å². The van der Waals surface area contributed by atoms with E-state index in [-0.39, 0.29) is 23.7 Å². The van der Waals surface area contributed by atoms with Crippen molar-refractivity contribution >= 4 is 12.0 Å². The van der Waals surface area contributed by atoms with Gasteiger partial charge in [-0.05, 0) is 55.2 Å². The molecule has 2 N–H and O–H groups in total. The smallest absolute Gasteiger partial charge is 0.335 e. The Labute approximate surface area is 210 Å². The molecule has 5 rings (SSSR count). The standard InChI is InChI=1S/C28H30N4O4/c1-19-22(9-12-26(30-19)36-24-10-7-21(8-11-24)27(33)34)18-31-15-13-23(14-16-31)32-25(17-29-28(32)35)20-5-3-2-4-6-20/h2-12,23,25H,13-18H2,1H3,(H,29,35)(H,33,34). The molecule has 0 saturated carbocycles. The molecule has 1 unspecified atom stereocenters. The summed E-state index contributed by atoms with van der Waals surface area (Å²) in [6, 6.07) is 20.8. The third kappa shape index (κ3) is 5.18. The third-order valence-electron chi connectivity index (χ3n) is 7.04. The molecular formula is C28H30N4O4. The minimum Gasteiger partial charge on any atom is -0.478 e. The second kappa shape index (κ2) is 10.4. The van der Waals surface area contributed by atoms with Crippen LogP contribution in [0.5, 0.6) is 11.6 Å². The molecule has 2 fully saturated rings. The highest BCUT2D eigenvalue weighted by atomic mass is 16.5. The van der Waals surface area contributed by atoms with Crippen molar-refractivity contribution in [3.8, 4) is 11.6 Å². The number of carbonyl (C=O) groups excluding carboxylic acids is 1. The number of likely N-dealkylation sites (tertiary alicyclic amines) is 1. The van der Waals surface area contributed by atoms with Crippen LogP contribution in [0.15, 0.2) is 66.7 Å². The Morgan fingerprint density at radius 3 is 2.44 bits per heavy atom. The van der Waals surface area contributed by atoms with Crippen LogP contribution in [0.25, 0.3) is 0 Å². The second-order valence-electron chi connectivity index (χ2n) is 9.35. The van der Waals surface area contributed by atoms with Gasteiger partial charge in [0.25, 0.3) is 0 Å². The average Bonchev–Trinajstić information content (AvgIpc) is 3.28. The zero-order valence-electron chi connectivity index (χ0n) is 20.3. The van der Waals surface area contributed by atoms with Crippen LogP contribution in [0.4, 0.5) is 4.79 Å². The van der Waals surface area contributed by atoms with Crippen LogP contribution in [0.2, 0.25) is 0 Å². The van der Waals surface area contributed by atoms with Crippen LogP contribution in [0.3, 0.4) is 0 Å². The lowest BCUT2D eigenvalue weighted by Crippen LogP contribution is -2.46. The van der Waals surface area contributed by atoms with E-state index < -0.39 is 5.97 Å². The van der Waals surface area contributed by atoms with Crippen molar-refractivity contribution in [3.63, 3.8) is 0 Å². The Kier molecular flexibility index (Phi) is 6.86. The van der Waals surface area contributed by atoms with Crippen molar-refractivity contribution in [3.05, 3.63) is 89.1 Å². The molecule has 8 nitrogen and oxygen atoms in total. The number of urea groups is 1. The number of carboxylic acid groups (broad SMARTS) is 1. The molecule has 2 aliphatic rings. The van der Waals surface area contributed by atoms with Gasteiger partial charge in [0, 0.05) is 44.0 Å². The van der Waals surface area contributed by atoms with Gasteiger partial charge in [0.15, 0.2) is 0 Å². The fourth-order valence-electron chi connectivity index (χ4n) is 5.06. The molecule has 8 heteroatoms. The highest BCUT2D eigenvalue weighted by molar-refractivity contribution is 5.87. The van der Waals surface area contributed by atoms with E-state index in [0.29, 0.717) is 18.2 Å². The van der Waals surface area contributed by atoms with Crippen LogP contribution in [0, 0.1) is 6.92 Å². The van der Waals surface area contributed by atoms with Crippen LogP contribution in [-0.2, 0) is 6.54 Å². The number of amides is 2. The van der Waals surface area contributed by atoms with E-state index >= 15 is 0 Å². The lowest BCUT2D eigenvalue weighted by molar-refractivity contribution is 0.0697. The number of ether oxygens (including phenoxy) is 1. The van der Waals surface area contributed by atoms with E-state index in [2.05, 4.69) is 32.2 Å². The van der Waals surface area contributed by atoms with Crippen LogP contribution < -0.4 is 10.1 Å². The Morgan fingerprint density at radius 1 is 1.06 bits per heavy atom. The first-order chi connectivity index (χ1) is 17.5. The lowest BCUT2D eigenvalue weighted by Gasteiger charge is -2.38. The zero-order valence-corrected chi connectivity index (χ0v) is 20.3. The molecule has 1 atom stereocenters. The summed E-state index contributed by atoms with van der Waals surface area (Å²) in [6.07, 6.45) is 1.88. The molecule has 0 spiro atoms. The molecule has 3 heterocycles. The van der Waals surface area contributed by atoms with Gasteiger partial charge in [-0.2, -0.15) is 0 Å². The summed E-state index contributed by atoms with van der Waals surface area (Å²) in [5, 5.41) is 12.1. The number of nitrogens with zero attached hydrogens (tertiary/aromatic N) is 3. The van der Waals surface area contributed by atoms with Crippen LogP contribution in [0.1, 0.15) is 46.1 Å². The summed E-state index contributed by atoms with van der Waals surface area (Å²) in [5.41, 5.74) is 3.44. The fourth-order valence-corrected chi connectivity index (χ4v) is 5.06. The number of carboxylic acids is 1. The van der Waals surface area contributed by atoms with Gasteiger partial charge in [-0.1, -0.05) is 36.4 Å². The van der Waals surface area contributed by atoms with Gasteiger partial charge >= 0.3 is 12.0 Å². The first kappa shape index (κ1) is 23.8. The maximum absolute atomic E-state index is 12.6. The predicted octanol–water partition coefficient (Wildman–Crippen LogP) is 4.61. The molecule has 1 aromatic heterocycles. The van der Waals surface area contributed by atoms with E-state index in [1.807, 2.05) is 37.3 Å². The highest BCUT2D eigenvalue weighted by Crippen LogP contribution is 2.31. The van der Waals surface area contributed by atoms with Crippen molar-refractivity contribution < 1.29 is 19.4 Å². The lowest BCUT2D eigenvalue weighted by atomic mass is 9.98. The molecule has 3 aromatic rings. The maximum atomic E-state index is 12.6. The number of piperidine rings is 1. The number of benzene rings is 2.